The van der Waals surface area contributed by atoms with E-state index in [9.17, 15) is 4.79 Å². The average Bonchev–Trinajstić information content (AvgIpc) is 2.51. The SMILES string of the molecule is CCOC(=S)C(=CC=C(C(=O)OC)c1ccccc1)N(C)C. The molecule has 0 N–H and O–H groups in total. The quantitative estimate of drug-likeness (QED) is 0.349. The van der Waals surface area contributed by atoms with E-state index < -0.39 is 5.97 Å². The molecule has 0 amide bonds. The lowest BCUT2D eigenvalue weighted by Crippen LogP contribution is -2.20. The van der Waals surface area contributed by atoms with Crippen molar-refractivity contribution < 1.29 is 14.3 Å². The minimum absolute atomic E-state index is 0.390. The Hall–Kier alpha value is -2.14. The third-order valence-electron chi connectivity index (χ3n) is 2.86. The Balaban J connectivity index is 3.23. The molecule has 0 aliphatic carbocycles. The molecule has 0 heterocycles. The molecule has 4 nitrogen and oxygen atoms in total. The van der Waals surface area contributed by atoms with E-state index in [1.807, 2.05) is 56.3 Å². The van der Waals surface area contributed by atoms with E-state index in [2.05, 4.69) is 0 Å². The summed E-state index contributed by atoms with van der Waals surface area (Å²) >= 11 is 5.24. The van der Waals surface area contributed by atoms with Crippen LogP contribution in [0.4, 0.5) is 0 Å². The number of likely N-dealkylation sites (N-methyl/N-ethyl adjacent to an activating group) is 1. The molecule has 1 rings (SSSR count). The second kappa shape index (κ2) is 9.00. The summed E-state index contributed by atoms with van der Waals surface area (Å²) < 4.78 is 10.2. The van der Waals surface area contributed by atoms with Crippen LogP contribution in [0.5, 0.6) is 0 Å². The highest BCUT2D eigenvalue weighted by molar-refractivity contribution is 7.80. The van der Waals surface area contributed by atoms with Crippen molar-refractivity contribution in [1.29, 1.82) is 0 Å². The minimum Gasteiger partial charge on any atom is -0.482 e. The fourth-order valence-electron chi connectivity index (χ4n) is 1.78. The Bertz CT molecular complexity index is 577. The molecule has 0 radical (unpaired) electrons. The van der Waals surface area contributed by atoms with Gasteiger partial charge in [-0.25, -0.2) is 4.79 Å². The molecule has 0 fully saturated rings. The van der Waals surface area contributed by atoms with Gasteiger partial charge in [0.1, 0.15) is 0 Å². The smallest absolute Gasteiger partial charge is 0.338 e. The van der Waals surface area contributed by atoms with Crippen molar-refractivity contribution in [3.8, 4) is 0 Å². The Kier molecular flexibility index (Phi) is 7.32. The number of esters is 1. The molecule has 5 heteroatoms. The molecule has 0 aliphatic heterocycles. The van der Waals surface area contributed by atoms with Crippen LogP contribution >= 0.6 is 12.2 Å². The van der Waals surface area contributed by atoms with Crippen LogP contribution in [0.2, 0.25) is 0 Å². The maximum absolute atomic E-state index is 12.0. The van der Waals surface area contributed by atoms with Crippen molar-refractivity contribution in [2.45, 2.75) is 6.92 Å². The summed E-state index contributed by atoms with van der Waals surface area (Å²) in [7, 11) is 5.09. The molecule has 1 aromatic rings. The average molecular weight is 319 g/mol. The number of thiocarbonyl (C=S) groups is 1. The Morgan fingerprint density at radius 1 is 1.23 bits per heavy atom. The van der Waals surface area contributed by atoms with Crippen LogP contribution in [0, 0.1) is 0 Å². The molecule has 0 bridgehead atoms. The highest BCUT2D eigenvalue weighted by Crippen LogP contribution is 2.17. The molecule has 0 saturated carbocycles. The van der Waals surface area contributed by atoms with Gasteiger partial charge in [-0.15, -0.1) is 0 Å². The number of nitrogens with zero attached hydrogens (tertiary/aromatic N) is 1. The van der Waals surface area contributed by atoms with Gasteiger partial charge in [0.2, 0.25) is 5.05 Å². The van der Waals surface area contributed by atoms with Gasteiger partial charge in [-0.3, -0.25) is 0 Å². The van der Waals surface area contributed by atoms with Gasteiger partial charge >= 0.3 is 5.97 Å². The van der Waals surface area contributed by atoms with E-state index in [0.29, 0.717) is 22.9 Å². The Morgan fingerprint density at radius 3 is 2.36 bits per heavy atom. The molecule has 0 unspecified atom stereocenters. The largest absolute Gasteiger partial charge is 0.482 e. The second-order valence-electron chi connectivity index (χ2n) is 4.60. The zero-order valence-electron chi connectivity index (χ0n) is 13.3. The van der Waals surface area contributed by atoms with Gasteiger partial charge in [0, 0.05) is 14.1 Å². The van der Waals surface area contributed by atoms with E-state index >= 15 is 0 Å². The standard InChI is InChI=1S/C17H21NO3S/c1-5-21-17(22)15(18(2)3)12-11-14(16(19)20-4)13-9-7-6-8-10-13/h6-12H,5H2,1-4H3. The van der Waals surface area contributed by atoms with Gasteiger partial charge in [0.25, 0.3) is 0 Å². The maximum Gasteiger partial charge on any atom is 0.338 e. The lowest BCUT2D eigenvalue weighted by molar-refractivity contribution is -0.133. The van der Waals surface area contributed by atoms with E-state index in [4.69, 9.17) is 21.7 Å². The van der Waals surface area contributed by atoms with Crippen LogP contribution in [-0.2, 0) is 14.3 Å². The van der Waals surface area contributed by atoms with Crippen LogP contribution in [0.15, 0.2) is 48.2 Å². The first kappa shape index (κ1) is 17.9. The van der Waals surface area contributed by atoms with Gasteiger partial charge in [0.15, 0.2) is 0 Å². The van der Waals surface area contributed by atoms with Gasteiger partial charge in [-0.05, 0) is 36.9 Å². The van der Waals surface area contributed by atoms with E-state index in [1.54, 1.807) is 12.2 Å². The van der Waals surface area contributed by atoms with Gasteiger partial charge < -0.3 is 14.4 Å². The van der Waals surface area contributed by atoms with Gasteiger partial charge in [-0.2, -0.15) is 0 Å². The molecule has 118 valence electrons. The Labute approximate surface area is 137 Å². The summed E-state index contributed by atoms with van der Waals surface area (Å²) in [5, 5.41) is 0.390. The van der Waals surface area contributed by atoms with E-state index in [-0.39, 0.29) is 0 Å². The molecule has 0 aromatic heterocycles. The molecular formula is C17H21NO3S. The van der Waals surface area contributed by atoms with E-state index in [1.165, 1.54) is 7.11 Å². The van der Waals surface area contributed by atoms with Crippen molar-refractivity contribution >= 4 is 28.8 Å². The number of carbonyl (C=O) groups is 1. The molecule has 22 heavy (non-hydrogen) atoms. The first-order chi connectivity index (χ1) is 10.5. The summed E-state index contributed by atoms with van der Waals surface area (Å²) in [5.74, 6) is -0.400. The van der Waals surface area contributed by atoms with Crippen molar-refractivity contribution in [2.75, 3.05) is 27.8 Å². The lowest BCUT2D eigenvalue weighted by Gasteiger charge is -2.17. The minimum atomic E-state index is -0.400. The molecule has 0 saturated heterocycles. The number of rotatable bonds is 6. The zero-order valence-corrected chi connectivity index (χ0v) is 14.1. The first-order valence-corrected chi connectivity index (χ1v) is 7.32. The van der Waals surface area contributed by atoms with Gasteiger partial charge in [0.05, 0.1) is 25.0 Å². The number of hydrogen-bond acceptors (Lipinski definition) is 5. The Morgan fingerprint density at radius 2 is 1.86 bits per heavy atom. The topological polar surface area (TPSA) is 38.8 Å². The van der Waals surface area contributed by atoms with Crippen molar-refractivity contribution in [2.24, 2.45) is 0 Å². The van der Waals surface area contributed by atoms with Crippen LogP contribution in [0.25, 0.3) is 5.57 Å². The molecule has 1 aromatic carbocycles. The highest BCUT2D eigenvalue weighted by atomic mass is 32.1. The fraction of sp³-hybridized carbons (Fsp3) is 0.294. The summed E-state index contributed by atoms with van der Waals surface area (Å²) in [5.41, 5.74) is 1.96. The summed E-state index contributed by atoms with van der Waals surface area (Å²) in [6.45, 7) is 2.37. The molecule has 0 spiro atoms. The number of benzene rings is 1. The molecule has 0 atom stereocenters. The number of carbonyl (C=O) groups excluding carboxylic acids is 1. The number of hydrogen-bond donors (Lipinski definition) is 0. The lowest BCUT2D eigenvalue weighted by atomic mass is 10.1. The van der Waals surface area contributed by atoms with Gasteiger partial charge in [-0.1, -0.05) is 30.3 Å². The van der Waals surface area contributed by atoms with Crippen molar-refractivity contribution in [3.05, 3.63) is 53.7 Å². The van der Waals surface area contributed by atoms with Crippen LogP contribution in [0.1, 0.15) is 12.5 Å². The van der Waals surface area contributed by atoms with Crippen molar-refractivity contribution in [3.63, 3.8) is 0 Å². The number of allylic oxidation sites excluding steroid dienone is 2. The van der Waals surface area contributed by atoms with Crippen LogP contribution < -0.4 is 0 Å². The number of ether oxygens (including phenoxy) is 2. The normalized spacial score (nSPS) is 11.8. The third-order valence-corrected chi connectivity index (χ3v) is 3.19. The predicted octanol–water partition coefficient (Wildman–Crippen LogP) is 3.05. The summed E-state index contributed by atoms with van der Waals surface area (Å²) in [6, 6.07) is 9.34. The van der Waals surface area contributed by atoms with E-state index in [0.717, 1.165) is 5.56 Å². The summed E-state index contributed by atoms with van der Waals surface area (Å²) in [4.78, 5) is 13.8. The fourth-order valence-corrected chi connectivity index (χ4v) is 2.15. The number of methoxy groups -OCH3 is 1. The predicted molar refractivity (Wildman–Crippen MR) is 92.4 cm³/mol. The maximum atomic E-state index is 12.0. The third kappa shape index (κ3) is 5.00. The highest BCUT2D eigenvalue weighted by Gasteiger charge is 2.12. The molecular weight excluding hydrogens is 298 g/mol. The first-order valence-electron chi connectivity index (χ1n) is 6.91. The molecule has 0 aliphatic rings. The van der Waals surface area contributed by atoms with Crippen molar-refractivity contribution in [1.82, 2.24) is 4.90 Å². The van der Waals surface area contributed by atoms with Crippen LogP contribution in [0.3, 0.4) is 0 Å². The second-order valence-corrected chi connectivity index (χ2v) is 4.98. The monoisotopic (exact) mass is 319 g/mol. The zero-order chi connectivity index (χ0) is 16.5. The van der Waals surface area contributed by atoms with Crippen LogP contribution in [-0.4, -0.2) is 43.7 Å². The summed E-state index contributed by atoms with van der Waals surface area (Å²) in [6.07, 6.45) is 3.46.